The molecule has 0 aromatic heterocycles. The third kappa shape index (κ3) is 7.17. The van der Waals surface area contributed by atoms with E-state index in [0.717, 1.165) is 0 Å². The Bertz CT molecular complexity index is 476. The molecule has 3 N–H and O–H groups in total. The number of carbonyl (C=O) groups is 2. The van der Waals surface area contributed by atoms with Crippen molar-refractivity contribution in [1.29, 1.82) is 0 Å². The number of benzene rings is 1. The maximum Gasteiger partial charge on any atom is 0.341 e. The largest absolute Gasteiger partial charge is 0.480 e. The lowest BCUT2D eigenvalue weighted by atomic mass is 10.3. The SMILES string of the molecule is CC(C)OCCNC(=O)Nc1ccccc1OCC(=O)O. The standard InChI is InChI=1S/C14H20N2O5/c1-10(2)20-8-7-15-14(19)16-11-5-3-4-6-12(11)21-9-13(17)18/h3-6,10H,7-9H2,1-2H3,(H,17,18)(H2,15,16,19). The van der Waals surface area contributed by atoms with Crippen LogP contribution < -0.4 is 15.4 Å². The van der Waals surface area contributed by atoms with Gasteiger partial charge in [0.1, 0.15) is 5.75 Å². The maximum absolute atomic E-state index is 11.7. The summed E-state index contributed by atoms with van der Waals surface area (Å²) in [5, 5.41) is 13.8. The second kappa shape index (κ2) is 8.80. The molecule has 1 rings (SSSR count). The zero-order valence-electron chi connectivity index (χ0n) is 12.1. The normalized spacial score (nSPS) is 10.2. The van der Waals surface area contributed by atoms with E-state index in [1.165, 1.54) is 0 Å². The Morgan fingerprint density at radius 3 is 2.67 bits per heavy atom. The van der Waals surface area contributed by atoms with Crippen LogP contribution in [0, 0.1) is 0 Å². The van der Waals surface area contributed by atoms with E-state index in [2.05, 4.69) is 10.6 Å². The molecule has 7 nitrogen and oxygen atoms in total. The minimum atomic E-state index is -1.08. The van der Waals surface area contributed by atoms with Crippen molar-refractivity contribution in [3.8, 4) is 5.75 Å². The van der Waals surface area contributed by atoms with Gasteiger partial charge in [0.25, 0.3) is 0 Å². The number of carbonyl (C=O) groups excluding carboxylic acids is 1. The van der Waals surface area contributed by atoms with Gasteiger partial charge in [0.15, 0.2) is 6.61 Å². The van der Waals surface area contributed by atoms with Crippen LogP contribution in [-0.4, -0.2) is 43.0 Å². The number of carboxylic acids is 1. The predicted molar refractivity (Wildman–Crippen MR) is 77.7 cm³/mol. The summed E-state index contributed by atoms with van der Waals surface area (Å²) in [6.45, 7) is 4.15. The average molecular weight is 296 g/mol. The Labute approximate surface area is 123 Å². The summed E-state index contributed by atoms with van der Waals surface area (Å²) in [5.41, 5.74) is 0.404. The van der Waals surface area contributed by atoms with Crippen molar-refractivity contribution in [2.24, 2.45) is 0 Å². The van der Waals surface area contributed by atoms with Gasteiger partial charge in [-0.1, -0.05) is 12.1 Å². The van der Waals surface area contributed by atoms with Crippen LogP contribution in [0.15, 0.2) is 24.3 Å². The molecule has 7 heteroatoms. The van der Waals surface area contributed by atoms with Crippen molar-refractivity contribution in [1.82, 2.24) is 5.32 Å². The molecule has 0 bridgehead atoms. The third-order valence-electron chi connectivity index (χ3n) is 2.33. The Balaban J connectivity index is 2.46. The van der Waals surface area contributed by atoms with Gasteiger partial charge in [-0.25, -0.2) is 9.59 Å². The van der Waals surface area contributed by atoms with Crippen LogP contribution in [0.4, 0.5) is 10.5 Å². The van der Waals surface area contributed by atoms with E-state index >= 15 is 0 Å². The Morgan fingerprint density at radius 1 is 1.29 bits per heavy atom. The summed E-state index contributed by atoms with van der Waals surface area (Å²) in [6.07, 6.45) is 0.111. The van der Waals surface area contributed by atoms with E-state index in [9.17, 15) is 9.59 Å². The number of nitrogens with one attached hydrogen (secondary N) is 2. The Morgan fingerprint density at radius 2 is 2.00 bits per heavy atom. The highest BCUT2D eigenvalue weighted by Crippen LogP contribution is 2.23. The molecule has 0 unspecified atom stereocenters. The fourth-order valence-electron chi connectivity index (χ4n) is 1.46. The van der Waals surface area contributed by atoms with Crippen molar-refractivity contribution >= 4 is 17.7 Å². The topological polar surface area (TPSA) is 96.9 Å². The van der Waals surface area contributed by atoms with Crippen molar-refractivity contribution in [2.45, 2.75) is 20.0 Å². The molecule has 0 atom stereocenters. The minimum absolute atomic E-state index is 0.111. The molecule has 0 aliphatic heterocycles. The average Bonchev–Trinajstić information content (AvgIpc) is 2.42. The fourth-order valence-corrected chi connectivity index (χ4v) is 1.46. The molecular weight excluding hydrogens is 276 g/mol. The number of para-hydroxylation sites is 2. The van der Waals surface area contributed by atoms with Crippen molar-refractivity contribution in [2.75, 3.05) is 25.1 Å². The zero-order chi connectivity index (χ0) is 15.7. The number of amides is 2. The van der Waals surface area contributed by atoms with Crippen LogP contribution in [-0.2, 0) is 9.53 Å². The molecule has 0 spiro atoms. The highest BCUT2D eigenvalue weighted by Gasteiger charge is 2.08. The van der Waals surface area contributed by atoms with Gasteiger partial charge in [-0.2, -0.15) is 0 Å². The lowest BCUT2D eigenvalue weighted by Gasteiger charge is -2.12. The number of anilines is 1. The van der Waals surface area contributed by atoms with E-state index in [1.54, 1.807) is 24.3 Å². The van der Waals surface area contributed by atoms with E-state index < -0.39 is 18.6 Å². The third-order valence-corrected chi connectivity index (χ3v) is 2.33. The second-order valence-electron chi connectivity index (χ2n) is 4.48. The van der Waals surface area contributed by atoms with Crippen molar-refractivity contribution in [3.63, 3.8) is 0 Å². The highest BCUT2D eigenvalue weighted by atomic mass is 16.5. The molecular formula is C14H20N2O5. The first-order valence-corrected chi connectivity index (χ1v) is 6.59. The first kappa shape index (κ1) is 16.8. The molecule has 0 aliphatic carbocycles. The summed E-state index contributed by atoms with van der Waals surface area (Å²) in [5.74, 6) is -0.784. The monoisotopic (exact) mass is 296 g/mol. The second-order valence-corrected chi connectivity index (χ2v) is 4.48. The number of ether oxygens (including phenoxy) is 2. The van der Waals surface area contributed by atoms with Gasteiger partial charge in [0.05, 0.1) is 18.4 Å². The number of rotatable bonds is 8. The van der Waals surface area contributed by atoms with Crippen LogP contribution in [0.1, 0.15) is 13.8 Å². The van der Waals surface area contributed by atoms with E-state index in [4.69, 9.17) is 14.6 Å². The summed E-state index contributed by atoms with van der Waals surface area (Å²) in [4.78, 5) is 22.2. The fraction of sp³-hybridized carbons (Fsp3) is 0.429. The first-order chi connectivity index (χ1) is 9.99. The minimum Gasteiger partial charge on any atom is -0.480 e. The number of aliphatic carboxylic acids is 1. The first-order valence-electron chi connectivity index (χ1n) is 6.59. The number of urea groups is 1. The lowest BCUT2D eigenvalue weighted by Crippen LogP contribution is -2.32. The van der Waals surface area contributed by atoms with Gasteiger partial charge in [-0.3, -0.25) is 0 Å². The summed E-state index contributed by atoms with van der Waals surface area (Å²) < 4.78 is 10.4. The molecule has 116 valence electrons. The number of hydrogen-bond acceptors (Lipinski definition) is 4. The molecule has 0 radical (unpaired) electrons. The van der Waals surface area contributed by atoms with E-state index in [0.29, 0.717) is 24.6 Å². The van der Waals surface area contributed by atoms with Crippen LogP contribution >= 0.6 is 0 Å². The number of carboxylic acid groups (broad SMARTS) is 1. The van der Waals surface area contributed by atoms with Crippen molar-refractivity contribution < 1.29 is 24.2 Å². The molecule has 1 aromatic rings. The summed E-state index contributed by atoms with van der Waals surface area (Å²) in [7, 11) is 0. The van der Waals surface area contributed by atoms with E-state index in [1.807, 2.05) is 13.8 Å². The van der Waals surface area contributed by atoms with Gasteiger partial charge < -0.3 is 25.2 Å². The Hall–Kier alpha value is -2.28. The van der Waals surface area contributed by atoms with Crippen LogP contribution in [0.3, 0.4) is 0 Å². The van der Waals surface area contributed by atoms with Gasteiger partial charge in [-0.05, 0) is 26.0 Å². The highest BCUT2D eigenvalue weighted by molar-refractivity contribution is 5.90. The molecule has 0 aliphatic rings. The molecule has 21 heavy (non-hydrogen) atoms. The molecule has 0 heterocycles. The summed E-state index contributed by atoms with van der Waals surface area (Å²) >= 11 is 0. The van der Waals surface area contributed by atoms with Gasteiger partial charge in [0, 0.05) is 6.54 Å². The lowest BCUT2D eigenvalue weighted by molar-refractivity contribution is -0.139. The van der Waals surface area contributed by atoms with Gasteiger partial charge in [-0.15, -0.1) is 0 Å². The quantitative estimate of drug-likeness (QED) is 0.634. The van der Waals surface area contributed by atoms with Gasteiger partial charge >= 0.3 is 12.0 Å². The van der Waals surface area contributed by atoms with Crippen LogP contribution in [0.25, 0.3) is 0 Å². The smallest absolute Gasteiger partial charge is 0.341 e. The summed E-state index contributed by atoms with van der Waals surface area (Å²) in [6, 6.07) is 6.21. The molecule has 2 amide bonds. The molecule has 0 saturated carbocycles. The van der Waals surface area contributed by atoms with Crippen LogP contribution in [0.5, 0.6) is 5.75 Å². The molecule has 1 aromatic carbocycles. The predicted octanol–water partition coefficient (Wildman–Crippen LogP) is 1.70. The number of hydrogen-bond donors (Lipinski definition) is 3. The molecule has 0 saturated heterocycles. The zero-order valence-corrected chi connectivity index (χ0v) is 12.1. The van der Waals surface area contributed by atoms with E-state index in [-0.39, 0.29) is 6.10 Å². The maximum atomic E-state index is 11.7. The van der Waals surface area contributed by atoms with Crippen LogP contribution in [0.2, 0.25) is 0 Å². The van der Waals surface area contributed by atoms with Gasteiger partial charge in [0.2, 0.25) is 0 Å². The Kier molecular flexibility index (Phi) is 7.03. The molecule has 0 fully saturated rings. The van der Waals surface area contributed by atoms with Crippen molar-refractivity contribution in [3.05, 3.63) is 24.3 Å².